The summed E-state index contributed by atoms with van der Waals surface area (Å²) >= 11 is 5.35. The molecular weight excluding hydrogens is 250 g/mol. The van der Waals surface area contributed by atoms with Crippen LogP contribution in [-0.4, -0.2) is 20.2 Å². The number of sulfonamides is 1. The van der Waals surface area contributed by atoms with Crippen LogP contribution >= 0.6 is 11.6 Å². The molecule has 16 heavy (non-hydrogen) atoms. The van der Waals surface area contributed by atoms with Crippen LogP contribution in [0.25, 0.3) is 0 Å². The van der Waals surface area contributed by atoms with Gasteiger partial charge in [-0.15, -0.1) is 11.6 Å². The first-order valence-electron chi connectivity index (χ1n) is 4.64. The molecule has 0 aromatic heterocycles. The SMILES string of the molecule is Cc1ccccc1S(=O)(=O)NC(=O)CCCl. The van der Waals surface area contributed by atoms with Gasteiger partial charge < -0.3 is 0 Å². The van der Waals surface area contributed by atoms with Crippen molar-refractivity contribution >= 4 is 27.5 Å². The Morgan fingerprint density at radius 1 is 1.38 bits per heavy atom. The average molecular weight is 262 g/mol. The van der Waals surface area contributed by atoms with Gasteiger partial charge in [-0.05, 0) is 18.6 Å². The van der Waals surface area contributed by atoms with Crippen molar-refractivity contribution < 1.29 is 13.2 Å². The fourth-order valence-corrected chi connectivity index (χ4v) is 2.63. The Balaban J connectivity index is 2.95. The fraction of sp³-hybridized carbons (Fsp3) is 0.300. The number of rotatable bonds is 4. The molecule has 1 N–H and O–H groups in total. The predicted molar refractivity (Wildman–Crippen MR) is 61.8 cm³/mol. The number of amides is 1. The zero-order valence-electron chi connectivity index (χ0n) is 8.73. The van der Waals surface area contributed by atoms with E-state index in [0.717, 1.165) is 0 Å². The number of alkyl halides is 1. The van der Waals surface area contributed by atoms with Gasteiger partial charge in [0.25, 0.3) is 10.0 Å². The van der Waals surface area contributed by atoms with E-state index in [4.69, 9.17) is 11.6 Å². The minimum absolute atomic E-state index is 0.0212. The maximum Gasteiger partial charge on any atom is 0.264 e. The van der Waals surface area contributed by atoms with E-state index >= 15 is 0 Å². The molecule has 0 bridgehead atoms. The molecule has 1 amide bonds. The normalized spacial score (nSPS) is 11.1. The summed E-state index contributed by atoms with van der Waals surface area (Å²) in [5.41, 5.74) is 0.591. The highest BCUT2D eigenvalue weighted by atomic mass is 35.5. The number of benzene rings is 1. The van der Waals surface area contributed by atoms with Crippen LogP contribution in [0.3, 0.4) is 0 Å². The molecule has 0 heterocycles. The second-order valence-electron chi connectivity index (χ2n) is 3.23. The molecule has 0 atom stereocenters. The molecule has 6 heteroatoms. The van der Waals surface area contributed by atoms with Crippen molar-refractivity contribution in [3.05, 3.63) is 29.8 Å². The maximum atomic E-state index is 11.8. The Labute approximate surface area is 99.7 Å². The van der Waals surface area contributed by atoms with Crippen molar-refractivity contribution in [2.24, 2.45) is 0 Å². The van der Waals surface area contributed by atoms with Crippen LogP contribution in [0.5, 0.6) is 0 Å². The summed E-state index contributed by atoms with van der Waals surface area (Å²) in [6.45, 7) is 1.67. The van der Waals surface area contributed by atoms with Crippen LogP contribution in [0, 0.1) is 6.92 Å². The third-order valence-corrected chi connectivity index (χ3v) is 3.68. The van der Waals surface area contributed by atoms with Crippen LogP contribution in [0.2, 0.25) is 0 Å². The minimum atomic E-state index is -3.77. The van der Waals surface area contributed by atoms with Crippen molar-refractivity contribution in [3.8, 4) is 0 Å². The molecule has 0 aliphatic carbocycles. The lowest BCUT2D eigenvalue weighted by Gasteiger charge is -2.08. The molecule has 88 valence electrons. The monoisotopic (exact) mass is 261 g/mol. The van der Waals surface area contributed by atoms with Gasteiger partial charge in [-0.1, -0.05) is 18.2 Å². The first kappa shape index (κ1) is 13.0. The molecule has 4 nitrogen and oxygen atoms in total. The van der Waals surface area contributed by atoms with E-state index in [1.165, 1.54) is 6.07 Å². The Bertz CT molecular complexity index is 485. The highest BCUT2D eigenvalue weighted by Crippen LogP contribution is 2.13. The van der Waals surface area contributed by atoms with Gasteiger partial charge in [0.15, 0.2) is 0 Å². The van der Waals surface area contributed by atoms with Crippen molar-refractivity contribution in [1.29, 1.82) is 0 Å². The van der Waals surface area contributed by atoms with Gasteiger partial charge in [0.2, 0.25) is 5.91 Å². The summed E-state index contributed by atoms with van der Waals surface area (Å²) in [6, 6.07) is 6.45. The van der Waals surface area contributed by atoms with E-state index in [9.17, 15) is 13.2 Å². The minimum Gasteiger partial charge on any atom is -0.274 e. The van der Waals surface area contributed by atoms with Gasteiger partial charge in [0, 0.05) is 12.3 Å². The quantitative estimate of drug-likeness (QED) is 0.834. The van der Waals surface area contributed by atoms with Crippen molar-refractivity contribution in [3.63, 3.8) is 0 Å². The highest BCUT2D eigenvalue weighted by molar-refractivity contribution is 7.90. The molecular formula is C10H12ClNO3S. The Kier molecular flexibility index (Phi) is 4.32. The molecule has 0 aliphatic rings. The fourth-order valence-electron chi connectivity index (χ4n) is 1.20. The summed E-state index contributed by atoms with van der Waals surface area (Å²) in [6.07, 6.45) is -0.0212. The van der Waals surface area contributed by atoms with Crippen LogP contribution in [0.1, 0.15) is 12.0 Å². The van der Waals surface area contributed by atoms with Crippen LogP contribution in [-0.2, 0) is 14.8 Å². The summed E-state index contributed by atoms with van der Waals surface area (Å²) in [4.78, 5) is 11.3. The Morgan fingerprint density at radius 3 is 2.56 bits per heavy atom. The zero-order chi connectivity index (χ0) is 12.2. The number of carbonyl (C=O) groups is 1. The van der Waals surface area contributed by atoms with Gasteiger partial charge in [0.1, 0.15) is 0 Å². The Hall–Kier alpha value is -1.07. The first-order chi connectivity index (χ1) is 7.47. The second-order valence-corrected chi connectivity index (χ2v) is 5.26. The molecule has 1 aromatic carbocycles. The van der Waals surface area contributed by atoms with Crippen molar-refractivity contribution in [1.82, 2.24) is 4.72 Å². The number of nitrogens with one attached hydrogen (secondary N) is 1. The molecule has 0 unspecified atom stereocenters. The Morgan fingerprint density at radius 2 is 2.00 bits per heavy atom. The molecule has 0 fully saturated rings. The molecule has 0 aliphatic heterocycles. The standard InChI is InChI=1S/C10H12ClNO3S/c1-8-4-2-3-5-9(8)16(14,15)12-10(13)6-7-11/h2-5H,6-7H2,1H3,(H,12,13). The summed E-state index contributed by atoms with van der Waals surface area (Å²) in [7, 11) is -3.77. The third-order valence-electron chi connectivity index (χ3n) is 1.95. The van der Waals surface area contributed by atoms with Gasteiger partial charge >= 0.3 is 0 Å². The van der Waals surface area contributed by atoms with Crippen LogP contribution in [0.4, 0.5) is 0 Å². The van der Waals surface area contributed by atoms with Crippen molar-refractivity contribution in [2.75, 3.05) is 5.88 Å². The van der Waals surface area contributed by atoms with Crippen LogP contribution < -0.4 is 4.72 Å². The number of aryl methyl sites for hydroxylation is 1. The zero-order valence-corrected chi connectivity index (χ0v) is 10.3. The van der Waals surface area contributed by atoms with Crippen molar-refractivity contribution in [2.45, 2.75) is 18.2 Å². The lowest BCUT2D eigenvalue weighted by atomic mass is 10.2. The van der Waals surface area contributed by atoms with E-state index in [-0.39, 0.29) is 17.2 Å². The van der Waals surface area contributed by atoms with Gasteiger partial charge in [-0.3, -0.25) is 4.79 Å². The largest absolute Gasteiger partial charge is 0.274 e. The van der Waals surface area contributed by atoms with Gasteiger partial charge in [-0.2, -0.15) is 0 Å². The highest BCUT2D eigenvalue weighted by Gasteiger charge is 2.18. The first-order valence-corrected chi connectivity index (χ1v) is 6.66. The number of carbonyl (C=O) groups excluding carboxylic acids is 1. The van der Waals surface area contributed by atoms with E-state index < -0.39 is 15.9 Å². The van der Waals surface area contributed by atoms with E-state index in [1.807, 2.05) is 4.72 Å². The third kappa shape index (κ3) is 3.21. The molecule has 0 spiro atoms. The average Bonchev–Trinajstić information content (AvgIpc) is 2.17. The van der Waals surface area contributed by atoms with Gasteiger partial charge in [-0.25, -0.2) is 13.1 Å². The predicted octanol–water partition coefficient (Wildman–Crippen LogP) is 1.43. The lowest BCUT2D eigenvalue weighted by molar-refractivity contribution is -0.118. The van der Waals surface area contributed by atoms with E-state index in [2.05, 4.69) is 0 Å². The molecule has 0 saturated carbocycles. The summed E-state index contributed by atoms with van der Waals surface area (Å²) in [5.74, 6) is -0.506. The molecule has 1 aromatic rings. The smallest absolute Gasteiger partial charge is 0.264 e. The molecule has 0 radical (unpaired) electrons. The van der Waals surface area contributed by atoms with E-state index in [0.29, 0.717) is 5.56 Å². The number of hydrogen-bond donors (Lipinski definition) is 1. The molecule has 1 rings (SSSR count). The lowest BCUT2D eigenvalue weighted by Crippen LogP contribution is -2.31. The summed E-state index contributed by atoms with van der Waals surface area (Å²) < 4.78 is 25.5. The maximum absolute atomic E-state index is 11.8. The van der Waals surface area contributed by atoms with Gasteiger partial charge in [0.05, 0.1) is 4.90 Å². The second kappa shape index (κ2) is 5.32. The van der Waals surface area contributed by atoms with Crippen LogP contribution in [0.15, 0.2) is 29.2 Å². The number of halogens is 1. The topological polar surface area (TPSA) is 63.2 Å². The number of hydrogen-bond acceptors (Lipinski definition) is 3. The van der Waals surface area contributed by atoms with E-state index in [1.54, 1.807) is 25.1 Å². The summed E-state index contributed by atoms with van der Waals surface area (Å²) in [5, 5.41) is 0. The molecule has 0 saturated heterocycles.